The van der Waals surface area contributed by atoms with Gasteiger partial charge in [-0.1, -0.05) is 48.5 Å². The van der Waals surface area contributed by atoms with Gasteiger partial charge < -0.3 is 9.94 Å². The summed E-state index contributed by atoms with van der Waals surface area (Å²) in [6.07, 6.45) is 1.29. The lowest BCUT2D eigenvalue weighted by molar-refractivity contribution is -0.184. The Hall–Kier alpha value is -2.17. The molecule has 2 aromatic rings. The van der Waals surface area contributed by atoms with E-state index in [2.05, 4.69) is 0 Å². The van der Waals surface area contributed by atoms with E-state index in [1.807, 2.05) is 48.5 Å². The van der Waals surface area contributed by atoms with Crippen molar-refractivity contribution in [1.82, 2.24) is 5.06 Å². The molecule has 0 spiro atoms. The standard InChI is InChI=1S/C17H17NO3/c19-16(21-15-10-5-2-6-11-15)17(12-7-13-18(17)20)14-8-3-1-4-9-14/h1-6,8-11,20H,7,12-13H2/t17-/m1/s1. The van der Waals surface area contributed by atoms with Crippen LogP contribution in [0, 0.1) is 0 Å². The van der Waals surface area contributed by atoms with Crippen molar-refractivity contribution in [2.75, 3.05) is 6.54 Å². The molecule has 1 atom stereocenters. The van der Waals surface area contributed by atoms with Crippen LogP contribution < -0.4 is 4.74 Å². The number of benzene rings is 2. The third kappa shape index (κ3) is 2.44. The molecule has 1 saturated heterocycles. The number of rotatable bonds is 3. The van der Waals surface area contributed by atoms with Gasteiger partial charge in [0.25, 0.3) is 0 Å². The van der Waals surface area contributed by atoms with E-state index in [1.165, 1.54) is 0 Å². The fraction of sp³-hybridized carbons (Fsp3) is 0.235. The Morgan fingerprint density at radius 1 is 1.05 bits per heavy atom. The van der Waals surface area contributed by atoms with Crippen molar-refractivity contribution in [2.24, 2.45) is 0 Å². The lowest BCUT2D eigenvalue weighted by atomic mass is 9.88. The van der Waals surface area contributed by atoms with Crippen LogP contribution in [-0.4, -0.2) is 22.8 Å². The van der Waals surface area contributed by atoms with Gasteiger partial charge in [-0.05, 0) is 30.5 Å². The lowest BCUT2D eigenvalue weighted by Crippen LogP contribution is -2.48. The first kappa shape index (κ1) is 13.8. The maximum atomic E-state index is 12.7. The number of carbonyl (C=O) groups is 1. The van der Waals surface area contributed by atoms with Crippen molar-refractivity contribution in [1.29, 1.82) is 0 Å². The van der Waals surface area contributed by atoms with Crippen molar-refractivity contribution in [3.05, 3.63) is 66.2 Å². The lowest BCUT2D eigenvalue weighted by Gasteiger charge is -2.32. The van der Waals surface area contributed by atoms with Crippen LogP contribution >= 0.6 is 0 Å². The number of carbonyl (C=O) groups excluding carboxylic acids is 1. The molecule has 108 valence electrons. The second-order valence-corrected chi connectivity index (χ2v) is 5.16. The van der Waals surface area contributed by atoms with E-state index >= 15 is 0 Å². The van der Waals surface area contributed by atoms with Crippen molar-refractivity contribution < 1.29 is 14.7 Å². The molecule has 3 rings (SSSR count). The minimum absolute atomic E-state index is 0.445. The molecule has 1 fully saturated rings. The summed E-state index contributed by atoms with van der Waals surface area (Å²) < 4.78 is 5.49. The zero-order valence-electron chi connectivity index (χ0n) is 11.6. The molecule has 0 saturated carbocycles. The van der Waals surface area contributed by atoms with E-state index in [0.717, 1.165) is 17.0 Å². The van der Waals surface area contributed by atoms with Gasteiger partial charge in [0.2, 0.25) is 0 Å². The molecule has 0 bridgehead atoms. The largest absolute Gasteiger partial charge is 0.425 e. The SMILES string of the molecule is O=C(Oc1ccccc1)[C@]1(c2ccccc2)CCCN1O. The van der Waals surface area contributed by atoms with Gasteiger partial charge in [0.05, 0.1) is 0 Å². The van der Waals surface area contributed by atoms with Gasteiger partial charge in [-0.15, -0.1) is 0 Å². The molecule has 0 radical (unpaired) electrons. The van der Waals surface area contributed by atoms with Gasteiger partial charge in [0.1, 0.15) is 5.75 Å². The van der Waals surface area contributed by atoms with Crippen LogP contribution in [0.2, 0.25) is 0 Å². The van der Waals surface area contributed by atoms with Gasteiger partial charge in [-0.3, -0.25) is 0 Å². The number of hydrogen-bond donors (Lipinski definition) is 1. The Morgan fingerprint density at radius 2 is 1.67 bits per heavy atom. The van der Waals surface area contributed by atoms with E-state index < -0.39 is 11.5 Å². The average Bonchev–Trinajstić information content (AvgIpc) is 2.92. The Labute approximate surface area is 123 Å². The Balaban J connectivity index is 1.95. The predicted molar refractivity (Wildman–Crippen MR) is 77.9 cm³/mol. The highest BCUT2D eigenvalue weighted by molar-refractivity contribution is 5.84. The Morgan fingerprint density at radius 3 is 2.24 bits per heavy atom. The summed E-state index contributed by atoms with van der Waals surface area (Å²) in [5, 5.41) is 11.4. The summed E-state index contributed by atoms with van der Waals surface area (Å²) in [4.78, 5) is 12.7. The molecule has 1 N–H and O–H groups in total. The summed E-state index contributed by atoms with van der Waals surface area (Å²) in [6.45, 7) is 0.457. The molecule has 0 unspecified atom stereocenters. The molecule has 0 aromatic heterocycles. The van der Waals surface area contributed by atoms with Crippen LogP contribution in [0.1, 0.15) is 18.4 Å². The van der Waals surface area contributed by atoms with Crippen molar-refractivity contribution >= 4 is 5.97 Å². The van der Waals surface area contributed by atoms with Crippen LogP contribution in [0.3, 0.4) is 0 Å². The molecule has 21 heavy (non-hydrogen) atoms. The molecule has 1 heterocycles. The van der Waals surface area contributed by atoms with E-state index in [4.69, 9.17) is 4.74 Å². The molecular weight excluding hydrogens is 266 g/mol. The second-order valence-electron chi connectivity index (χ2n) is 5.16. The first-order valence-corrected chi connectivity index (χ1v) is 7.03. The third-order valence-corrected chi connectivity index (χ3v) is 3.89. The van der Waals surface area contributed by atoms with Gasteiger partial charge in [-0.25, -0.2) is 4.79 Å². The first-order valence-electron chi connectivity index (χ1n) is 7.03. The molecule has 2 aromatic carbocycles. The number of ether oxygens (including phenoxy) is 1. The van der Waals surface area contributed by atoms with Crippen LogP contribution in [-0.2, 0) is 10.3 Å². The van der Waals surface area contributed by atoms with Crippen LogP contribution in [0.15, 0.2) is 60.7 Å². The summed E-state index contributed by atoms with van der Waals surface area (Å²) in [7, 11) is 0. The fourth-order valence-corrected chi connectivity index (χ4v) is 2.82. The highest BCUT2D eigenvalue weighted by Gasteiger charge is 2.50. The van der Waals surface area contributed by atoms with E-state index in [1.54, 1.807) is 12.1 Å². The summed E-state index contributed by atoms with van der Waals surface area (Å²) in [6, 6.07) is 18.2. The summed E-state index contributed by atoms with van der Waals surface area (Å²) in [5.74, 6) is 0.0398. The van der Waals surface area contributed by atoms with Crippen molar-refractivity contribution in [3.63, 3.8) is 0 Å². The minimum Gasteiger partial charge on any atom is -0.425 e. The maximum absolute atomic E-state index is 12.7. The van der Waals surface area contributed by atoms with Crippen molar-refractivity contribution in [2.45, 2.75) is 18.4 Å². The molecular formula is C17H17NO3. The van der Waals surface area contributed by atoms with Crippen molar-refractivity contribution in [3.8, 4) is 5.75 Å². The number of nitrogens with zero attached hydrogens (tertiary/aromatic N) is 1. The maximum Gasteiger partial charge on any atom is 0.338 e. The zero-order chi connectivity index (χ0) is 14.7. The molecule has 4 nitrogen and oxygen atoms in total. The highest BCUT2D eigenvalue weighted by atomic mass is 16.6. The van der Waals surface area contributed by atoms with E-state index in [9.17, 15) is 10.0 Å². The minimum atomic E-state index is -1.11. The number of hydrogen-bond acceptors (Lipinski definition) is 4. The van der Waals surface area contributed by atoms with Crippen LogP contribution in [0.4, 0.5) is 0 Å². The van der Waals surface area contributed by atoms with Gasteiger partial charge in [-0.2, -0.15) is 5.06 Å². The fourth-order valence-electron chi connectivity index (χ4n) is 2.82. The van der Waals surface area contributed by atoms with Gasteiger partial charge in [0, 0.05) is 6.54 Å². The van der Waals surface area contributed by atoms with E-state index in [-0.39, 0.29) is 0 Å². The third-order valence-electron chi connectivity index (χ3n) is 3.89. The number of hydroxylamine groups is 2. The quantitative estimate of drug-likeness (QED) is 0.695. The van der Waals surface area contributed by atoms with E-state index in [0.29, 0.717) is 18.7 Å². The molecule has 0 aliphatic carbocycles. The monoisotopic (exact) mass is 283 g/mol. The number of para-hydroxylation sites is 1. The van der Waals surface area contributed by atoms with Crippen LogP contribution in [0.5, 0.6) is 5.75 Å². The predicted octanol–water partition coefficient (Wildman–Crippen LogP) is 2.97. The zero-order valence-corrected chi connectivity index (χ0v) is 11.6. The topological polar surface area (TPSA) is 49.8 Å². The van der Waals surface area contributed by atoms with Gasteiger partial charge in [0.15, 0.2) is 5.54 Å². The normalized spacial score (nSPS) is 22.1. The van der Waals surface area contributed by atoms with Crippen LogP contribution in [0.25, 0.3) is 0 Å². The Bertz CT molecular complexity index is 614. The smallest absolute Gasteiger partial charge is 0.338 e. The van der Waals surface area contributed by atoms with Gasteiger partial charge >= 0.3 is 5.97 Å². The molecule has 1 aliphatic rings. The molecule has 1 aliphatic heterocycles. The summed E-state index contributed by atoms with van der Waals surface area (Å²) >= 11 is 0. The first-order chi connectivity index (χ1) is 10.2. The second kappa shape index (κ2) is 5.68. The highest BCUT2D eigenvalue weighted by Crippen LogP contribution is 2.39. The molecule has 0 amide bonds. The Kier molecular flexibility index (Phi) is 3.73. The number of esters is 1. The average molecular weight is 283 g/mol. The molecule has 4 heteroatoms. The summed E-state index contributed by atoms with van der Waals surface area (Å²) in [5.41, 5.74) is -0.358.